The van der Waals surface area contributed by atoms with Crippen LogP contribution in [0.4, 0.5) is 0 Å². The first-order chi connectivity index (χ1) is 33.7. The summed E-state index contributed by atoms with van der Waals surface area (Å²) in [5, 5.41) is 23.1. The molecule has 4 nitrogen and oxygen atoms in total. The SMILES string of the molecule is CC/C=C\C/C=C\C/C=C\C/C=C\C/C=C\C/C=C\C/C=C\CCCCCCCCCCCCCCCC(=O)NC(CO)C(O)/C=C/CC/C=C/CC/C=C/CCCCCCCCCCCCC. The highest BCUT2D eigenvalue weighted by atomic mass is 16.3. The van der Waals surface area contributed by atoms with E-state index < -0.39 is 12.1 Å². The molecule has 0 saturated heterocycles. The number of hydrogen-bond donors (Lipinski definition) is 3. The van der Waals surface area contributed by atoms with Crippen molar-refractivity contribution in [1.29, 1.82) is 0 Å². The third kappa shape index (κ3) is 53.7. The number of carbonyl (C=O) groups is 1. The lowest BCUT2D eigenvalue weighted by Crippen LogP contribution is -2.45. The molecule has 0 bridgehead atoms. The van der Waals surface area contributed by atoms with Crippen molar-refractivity contribution >= 4 is 5.91 Å². The second-order valence-electron chi connectivity index (χ2n) is 19.0. The number of rotatable bonds is 51. The van der Waals surface area contributed by atoms with Crippen molar-refractivity contribution in [2.45, 2.75) is 270 Å². The molecule has 0 spiro atoms. The maximum Gasteiger partial charge on any atom is 0.220 e. The van der Waals surface area contributed by atoms with E-state index in [2.05, 4.69) is 129 Å². The van der Waals surface area contributed by atoms with Crippen molar-refractivity contribution in [1.82, 2.24) is 5.32 Å². The van der Waals surface area contributed by atoms with Gasteiger partial charge in [0.2, 0.25) is 5.91 Å². The van der Waals surface area contributed by atoms with Gasteiger partial charge in [-0.05, 0) is 103 Å². The minimum Gasteiger partial charge on any atom is -0.394 e. The zero-order chi connectivity index (χ0) is 49.2. The molecule has 0 heterocycles. The molecule has 0 aliphatic carbocycles. The van der Waals surface area contributed by atoms with E-state index in [1.807, 2.05) is 6.08 Å². The first-order valence-corrected chi connectivity index (χ1v) is 28.7. The normalized spacial score (nSPS) is 13.8. The Hall–Kier alpha value is -3.21. The maximum atomic E-state index is 12.5. The van der Waals surface area contributed by atoms with Gasteiger partial charge in [0.05, 0.1) is 18.8 Å². The summed E-state index contributed by atoms with van der Waals surface area (Å²) < 4.78 is 0. The van der Waals surface area contributed by atoms with Gasteiger partial charge in [-0.15, -0.1) is 0 Å². The van der Waals surface area contributed by atoms with Gasteiger partial charge in [0.1, 0.15) is 0 Å². The number of unbranched alkanes of at least 4 members (excludes halogenated alkanes) is 26. The topological polar surface area (TPSA) is 69.6 Å². The number of carbonyl (C=O) groups excluding carboxylic acids is 1. The molecule has 0 aromatic carbocycles. The van der Waals surface area contributed by atoms with Crippen LogP contribution < -0.4 is 5.32 Å². The van der Waals surface area contributed by atoms with Crippen LogP contribution >= 0.6 is 0 Å². The fourth-order valence-electron chi connectivity index (χ4n) is 8.07. The first-order valence-electron chi connectivity index (χ1n) is 28.7. The van der Waals surface area contributed by atoms with Crippen molar-refractivity contribution in [3.05, 3.63) is 122 Å². The molecule has 0 saturated carbocycles. The number of aliphatic hydroxyl groups excluding tert-OH is 2. The zero-order valence-electron chi connectivity index (χ0n) is 44.6. The number of nitrogens with one attached hydrogen (secondary N) is 1. The number of amides is 1. The van der Waals surface area contributed by atoms with Gasteiger partial charge in [-0.25, -0.2) is 0 Å². The van der Waals surface area contributed by atoms with Gasteiger partial charge < -0.3 is 15.5 Å². The Bertz CT molecular complexity index is 1340. The van der Waals surface area contributed by atoms with Crippen molar-refractivity contribution in [2.75, 3.05) is 6.61 Å². The number of hydrogen-bond acceptors (Lipinski definition) is 3. The molecule has 3 N–H and O–H groups in total. The van der Waals surface area contributed by atoms with Crippen molar-refractivity contribution in [3.8, 4) is 0 Å². The lowest BCUT2D eigenvalue weighted by molar-refractivity contribution is -0.123. The molecule has 68 heavy (non-hydrogen) atoms. The van der Waals surface area contributed by atoms with Crippen LogP contribution in [0.15, 0.2) is 122 Å². The van der Waals surface area contributed by atoms with E-state index >= 15 is 0 Å². The summed E-state index contributed by atoms with van der Waals surface area (Å²) in [7, 11) is 0. The van der Waals surface area contributed by atoms with Crippen LogP contribution in [0.3, 0.4) is 0 Å². The second kappa shape index (κ2) is 58.1. The van der Waals surface area contributed by atoms with Crippen molar-refractivity contribution < 1.29 is 15.0 Å². The maximum absolute atomic E-state index is 12.5. The highest BCUT2D eigenvalue weighted by Crippen LogP contribution is 2.15. The first kappa shape index (κ1) is 64.8. The predicted octanol–water partition coefficient (Wildman–Crippen LogP) is 19.2. The van der Waals surface area contributed by atoms with E-state index in [4.69, 9.17) is 0 Å². The standard InChI is InChI=1S/C64H109NO3/c1-3-5-7-9-11-13-15-17-19-21-23-25-26-27-28-29-30-31-32-33-34-35-36-37-38-40-42-44-46-48-50-52-54-56-58-60-64(68)65-62(61-66)63(67)59-57-55-53-51-49-47-45-43-41-39-24-22-20-18-16-14-12-10-8-6-4-2/h5,7,11,13,17,19,23,25,27-28,30-31,33-34,41,43,49,51,57,59,62-63,66-67H,3-4,6,8-10,12,14-16,18,20-22,24,26,29,32,35-40,42,44-48,50,52-56,58,60-61H2,1-2H3,(H,65,68)/b7-5-,13-11-,19-17-,25-23-,28-27-,31-30-,34-33-,43-41+,51-49+,59-57+. The Morgan fingerprint density at radius 3 is 1.03 bits per heavy atom. The van der Waals surface area contributed by atoms with Gasteiger partial charge in [0.25, 0.3) is 0 Å². The van der Waals surface area contributed by atoms with Gasteiger partial charge in [0.15, 0.2) is 0 Å². The minimum absolute atomic E-state index is 0.0828. The second-order valence-corrected chi connectivity index (χ2v) is 19.0. The summed E-state index contributed by atoms with van der Waals surface area (Å²) in [6.45, 7) is 4.18. The van der Waals surface area contributed by atoms with Crippen LogP contribution in [-0.4, -0.2) is 34.9 Å². The van der Waals surface area contributed by atoms with Crippen LogP contribution in [0, 0.1) is 0 Å². The summed E-state index contributed by atoms with van der Waals surface area (Å²) in [6, 6.07) is -0.654. The molecule has 0 aliphatic heterocycles. The lowest BCUT2D eigenvalue weighted by Gasteiger charge is -2.19. The molecule has 388 valence electrons. The Kier molecular flexibility index (Phi) is 55.4. The molecule has 2 unspecified atom stereocenters. The number of aliphatic hydroxyl groups is 2. The van der Waals surface area contributed by atoms with E-state index in [-0.39, 0.29) is 12.5 Å². The molecule has 4 heteroatoms. The smallest absolute Gasteiger partial charge is 0.220 e. The van der Waals surface area contributed by atoms with Crippen LogP contribution in [0.1, 0.15) is 258 Å². The fourth-order valence-corrected chi connectivity index (χ4v) is 8.07. The van der Waals surface area contributed by atoms with Crippen LogP contribution in [0.2, 0.25) is 0 Å². The predicted molar refractivity (Wildman–Crippen MR) is 303 cm³/mol. The summed E-state index contributed by atoms with van der Waals surface area (Å²) in [4.78, 5) is 12.5. The van der Waals surface area contributed by atoms with Crippen LogP contribution in [0.5, 0.6) is 0 Å². The Morgan fingerprint density at radius 2 is 0.662 bits per heavy atom. The molecule has 0 radical (unpaired) electrons. The molecule has 1 amide bonds. The molecule has 2 atom stereocenters. The fraction of sp³-hybridized carbons (Fsp3) is 0.672. The van der Waals surface area contributed by atoms with Crippen LogP contribution in [-0.2, 0) is 4.79 Å². The van der Waals surface area contributed by atoms with E-state index in [0.717, 1.165) is 83.5 Å². The molecule has 0 aromatic heterocycles. The highest BCUT2D eigenvalue weighted by molar-refractivity contribution is 5.76. The van der Waals surface area contributed by atoms with Gasteiger partial charge in [-0.3, -0.25) is 4.79 Å². The van der Waals surface area contributed by atoms with Gasteiger partial charge in [0, 0.05) is 6.42 Å². The lowest BCUT2D eigenvalue weighted by atomic mass is 10.0. The van der Waals surface area contributed by atoms with Crippen molar-refractivity contribution in [2.24, 2.45) is 0 Å². The van der Waals surface area contributed by atoms with E-state index in [9.17, 15) is 15.0 Å². The zero-order valence-corrected chi connectivity index (χ0v) is 44.6. The van der Waals surface area contributed by atoms with Gasteiger partial charge >= 0.3 is 0 Å². The van der Waals surface area contributed by atoms with Gasteiger partial charge in [-0.2, -0.15) is 0 Å². The summed E-state index contributed by atoms with van der Waals surface area (Å²) in [5.41, 5.74) is 0. The Morgan fingerprint density at radius 1 is 0.368 bits per heavy atom. The third-order valence-corrected chi connectivity index (χ3v) is 12.4. The molecule has 0 aromatic rings. The van der Waals surface area contributed by atoms with E-state index in [1.165, 1.54) is 154 Å². The molecule has 0 aliphatic rings. The molecular formula is C64H109NO3. The quantitative estimate of drug-likeness (QED) is 0.0420. The summed E-state index contributed by atoms with van der Waals surface area (Å²) in [5.74, 6) is -0.0828. The van der Waals surface area contributed by atoms with Crippen molar-refractivity contribution in [3.63, 3.8) is 0 Å². The average molecular weight is 941 g/mol. The average Bonchev–Trinajstić information content (AvgIpc) is 3.34. The molecule has 0 rings (SSSR count). The monoisotopic (exact) mass is 940 g/mol. The Balaban J connectivity index is 3.60. The van der Waals surface area contributed by atoms with E-state index in [1.54, 1.807) is 6.08 Å². The molecule has 0 fully saturated rings. The summed E-state index contributed by atoms with van der Waals surface area (Å²) in [6.07, 6.45) is 89.3. The summed E-state index contributed by atoms with van der Waals surface area (Å²) >= 11 is 0. The van der Waals surface area contributed by atoms with E-state index in [0.29, 0.717) is 6.42 Å². The van der Waals surface area contributed by atoms with Gasteiger partial charge in [-0.1, -0.05) is 270 Å². The Labute approximate surface area is 422 Å². The van der Waals surface area contributed by atoms with Crippen LogP contribution in [0.25, 0.3) is 0 Å². The minimum atomic E-state index is -0.878. The number of allylic oxidation sites excluding steroid dienone is 19. The molecular weight excluding hydrogens is 831 g/mol. The third-order valence-electron chi connectivity index (χ3n) is 12.4. The highest BCUT2D eigenvalue weighted by Gasteiger charge is 2.17. The largest absolute Gasteiger partial charge is 0.394 e.